The van der Waals surface area contributed by atoms with E-state index in [1.54, 1.807) is 0 Å². The molecule has 0 atom stereocenters. The normalized spacial score (nSPS) is 16.2. The van der Waals surface area contributed by atoms with Gasteiger partial charge < -0.3 is 15.2 Å². The predicted octanol–water partition coefficient (Wildman–Crippen LogP) is 2.86. The van der Waals surface area contributed by atoms with Crippen molar-refractivity contribution >= 4 is 22.7 Å². The molecule has 0 radical (unpaired) electrons. The van der Waals surface area contributed by atoms with Crippen molar-refractivity contribution in [3.05, 3.63) is 36.0 Å². The van der Waals surface area contributed by atoms with Gasteiger partial charge in [-0.05, 0) is 24.5 Å². The first-order valence-electron chi connectivity index (χ1n) is 8.98. The summed E-state index contributed by atoms with van der Waals surface area (Å²) >= 11 is 0. The van der Waals surface area contributed by atoms with Crippen molar-refractivity contribution < 1.29 is 9.59 Å². The number of carbonyl (C=O) groups is 2. The number of likely N-dealkylation sites (tertiary alicyclic amines) is 1. The molecule has 1 aromatic heterocycles. The van der Waals surface area contributed by atoms with Gasteiger partial charge in [0.2, 0.25) is 11.8 Å². The van der Waals surface area contributed by atoms with Crippen LogP contribution in [0.2, 0.25) is 0 Å². The van der Waals surface area contributed by atoms with E-state index in [0.717, 1.165) is 29.3 Å². The lowest BCUT2D eigenvalue weighted by Crippen LogP contribution is -2.49. The van der Waals surface area contributed by atoms with E-state index in [0.29, 0.717) is 19.5 Å². The zero-order valence-corrected chi connectivity index (χ0v) is 15.3. The van der Waals surface area contributed by atoms with Crippen LogP contribution in [0.25, 0.3) is 10.9 Å². The van der Waals surface area contributed by atoms with Gasteiger partial charge in [0.15, 0.2) is 0 Å². The molecule has 5 nitrogen and oxygen atoms in total. The summed E-state index contributed by atoms with van der Waals surface area (Å²) in [6, 6.07) is 8.22. The number of H-pyrrole nitrogens is 1. The summed E-state index contributed by atoms with van der Waals surface area (Å²) in [5.74, 6) is 0.237. The second-order valence-corrected chi connectivity index (χ2v) is 7.91. The largest absolute Gasteiger partial charge is 0.361 e. The van der Waals surface area contributed by atoms with Crippen LogP contribution >= 0.6 is 0 Å². The molecule has 1 aromatic carbocycles. The number of nitrogens with one attached hydrogen (secondary N) is 2. The molecular weight excluding hydrogens is 314 g/mol. The molecule has 2 heterocycles. The Kier molecular flexibility index (Phi) is 4.84. The second kappa shape index (κ2) is 6.90. The Morgan fingerprint density at radius 2 is 1.88 bits per heavy atom. The van der Waals surface area contributed by atoms with Crippen LogP contribution in [-0.2, 0) is 16.0 Å². The summed E-state index contributed by atoms with van der Waals surface area (Å²) in [6.45, 7) is 7.17. The van der Waals surface area contributed by atoms with Crippen molar-refractivity contribution in [2.75, 3.05) is 13.1 Å². The Morgan fingerprint density at radius 1 is 1.20 bits per heavy atom. The fourth-order valence-electron chi connectivity index (χ4n) is 3.23. The molecule has 1 fully saturated rings. The smallest absolute Gasteiger partial charge is 0.227 e. The number of hydrogen-bond donors (Lipinski definition) is 2. The van der Waals surface area contributed by atoms with Gasteiger partial charge in [-0.25, -0.2) is 0 Å². The van der Waals surface area contributed by atoms with Crippen LogP contribution < -0.4 is 5.32 Å². The number of hydrogen-bond acceptors (Lipinski definition) is 2. The Morgan fingerprint density at radius 3 is 2.56 bits per heavy atom. The maximum absolute atomic E-state index is 12.6. The molecule has 1 aliphatic rings. The van der Waals surface area contributed by atoms with Crippen LogP contribution in [0, 0.1) is 5.41 Å². The van der Waals surface area contributed by atoms with E-state index >= 15 is 0 Å². The van der Waals surface area contributed by atoms with Gasteiger partial charge in [-0.15, -0.1) is 0 Å². The van der Waals surface area contributed by atoms with E-state index in [-0.39, 0.29) is 23.3 Å². The lowest BCUT2D eigenvalue weighted by molar-refractivity contribution is -0.132. The van der Waals surface area contributed by atoms with Crippen molar-refractivity contribution in [2.45, 2.75) is 46.1 Å². The third kappa shape index (κ3) is 4.03. The Labute approximate surface area is 148 Å². The van der Waals surface area contributed by atoms with E-state index in [1.807, 2.05) is 56.1 Å². The van der Waals surface area contributed by atoms with Gasteiger partial charge in [0, 0.05) is 41.6 Å². The van der Waals surface area contributed by atoms with Crippen molar-refractivity contribution in [3.8, 4) is 0 Å². The zero-order valence-electron chi connectivity index (χ0n) is 15.3. The number of nitrogens with zero attached hydrogens (tertiary/aromatic N) is 1. The highest BCUT2D eigenvalue weighted by Gasteiger charge is 2.28. The molecule has 0 unspecified atom stereocenters. The average Bonchev–Trinajstić information content (AvgIpc) is 2.98. The first-order chi connectivity index (χ1) is 11.8. The minimum atomic E-state index is -0.373. The van der Waals surface area contributed by atoms with Crippen LogP contribution in [0.5, 0.6) is 0 Å². The van der Waals surface area contributed by atoms with E-state index in [4.69, 9.17) is 0 Å². The fraction of sp³-hybridized carbons (Fsp3) is 0.500. The molecule has 2 aromatic rings. The number of para-hydroxylation sites is 1. The van der Waals surface area contributed by atoms with Crippen molar-refractivity contribution in [1.82, 2.24) is 15.2 Å². The van der Waals surface area contributed by atoms with Gasteiger partial charge in [-0.3, -0.25) is 9.59 Å². The number of benzene rings is 1. The minimum Gasteiger partial charge on any atom is -0.361 e. The summed E-state index contributed by atoms with van der Waals surface area (Å²) in [7, 11) is 0. The molecule has 134 valence electrons. The van der Waals surface area contributed by atoms with E-state index in [2.05, 4.69) is 10.3 Å². The number of aromatic nitrogens is 1. The Balaban J connectivity index is 1.54. The number of carbonyl (C=O) groups excluding carboxylic acids is 2. The SMILES string of the molecule is CC(C)(C)C(=O)NC1CCN(C(=O)Cc2c[nH]c3ccccc23)CC1. The van der Waals surface area contributed by atoms with Crippen LogP contribution in [-0.4, -0.2) is 40.8 Å². The maximum atomic E-state index is 12.6. The van der Waals surface area contributed by atoms with Gasteiger partial charge in [0.05, 0.1) is 6.42 Å². The number of amides is 2. The number of aromatic amines is 1. The highest BCUT2D eigenvalue weighted by atomic mass is 16.2. The third-order valence-corrected chi connectivity index (χ3v) is 4.88. The van der Waals surface area contributed by atoms with Gasteiger partial charge >= 0.3 is 0 Å². The standard InChI is InChI=1S/C20H27N3O2/c1-20(2,3)19(25)22-15-8-10-23(11-9-15)18(24)12-14-13-21-17-7-5-4-6-16(14)17/h4-7,13,15,21H,8-12H2,1-3H3,(H,22,25). The van der Waals surface area contributed by atoms with Gasteiger partial charge in [-0.2, -0.15) is 0 Å². The van der Waals surface area contributed by atoms with Crippen molar-refractivity contribution in [1.29, 1.82) is 0 Å². The lowest BCUT2D eigenvalue weighted by atomic mass is 9.94. The van der Waals surface area contributed by atoms with Gasteiger partial charge in [0.1, 0.15) is 0 Å². The maximum Gasteiger partial charge on any atom is 0.227 e. The van der Waals surface area contributed by atoms with Crippen LogP contribution in [0.3, 0.4) is 0 Å². The summed E-state index contributed by atoms with van der Waals surface area (Å²) < 4.78 is 0. The van der Waals surface area contributed by atoms with Gasteiger partial charge in [0.25, 0.3) is 0 Å². The first kappa shape index (κ1) is 17.5. The molecule has 1 aliphatic heterocycles. The molecular formula is C20H27N3O2. The first-order valence-corrected chi connectivity index (χ1v) is 8.98. The minimum absolute atomic E-state index is 0.0797. The van der Waals surface area contributed by atoms with Crippen molar-refractivity contribution in [2.24, 2.45) is 5.41 Å². The molecule has 0 aliphatic carbocycles. The highest BCUT2D eigenvalue weighted by Crippen LogP contribution is 2.20. The quantitative estimate of drug-likeness (QED) is 0.901. The average molecular weight is 341 g/mol. The van der Waals surface area contributed by atoms with Crippen molar-refractivity contribution in [3.63, 3.8) is 0 Å². The van der Waals surface area contributed by atoms with E-state index in [1.165, 1.54) is 0 Å². The summed E-state index contributed by atoms with van der Waals surface area (Å²) in [6.07, 6.45) is 3.99. The summed E-state index contributed by atoms with van der Waals surface area (Å²) in [5.41, 5.74) is 1.74. The molecule has 0 bridgehead atoms. The molecule has 1 saturated heterocycles. The number of rotatable bonds is 3. The molecule has 0 saturated carbocycles. The van der Waals surface area contributed by atoms with E-state index < -0.39 is 0 Å². The third-order valence-electron chi connectivity index (χ3n) is 4.88. The second-order valence-electron chi connectivity index (χ2n) is 7.91. The zero-order chi connectivity index (χ0) is 18.0. The summed E-state index contributed by atoms with van der Waals surface area (Å²) in [4.78, 5) is 29.9. The molecule has 25 heavy (non-hydrogen) atoms. The fourth-order valence-corrected chi connectivity index (χ4v) is 3.23. The monoisotopic (exact) mass is 341 g/mol. The molecule has 0 spiro atoms. The number of piperidine rings is 1. The molecule has 3 rings (SSSR count). The lowest BCUT2D eigenvalue weighted by Gasteiger charge is -2.33. The molecule has 5 heteroatoms. The Hall–Kier alpha value is -2.30. The van der Waals surface area contributed by atoms with E-state index in [9.17, 15) is 9.59 Å². The van der Waals surface area contributed by atoms with Gasteiger partial charge in [-0.1, -0.05) is 39.0 Å². The predicted molar refractivity (Wildman–Crippen MR) is 99.2 cm³/mol. The molecule has 2 amide bonds. The Bertz CT molecular complexity index is 765. The van der Waals surface area contributed by atoms with Crippen LogP contribution in [0.15, 0.2) is 30.5 Å². The van der Waals surface area contributed by atoms with Crippen LogP contribution in [0.1, 0.15) is 39.2 Å². The number of fused-ring (bicyclic) bond motifs is 1. The molecule has 2 N–H and O–H groups in total. The summed E-state index contributed by atoms with van der Waals surface area (Å²) in [5, 5.41) is 4.22. The van der Waals surface area contributed by atoms with Crippen LogP contribution in [0.4, 0.5) is 0 Å². The topological polar surface area (TPSA) is 65.2 Å². The highest BCUT2D eigenvalue weighted by molar-refractivity contribution is 5.89.